The molecule has 1 rings (SSSR count). The highest BCUT2D eigenvalue weighted by atomic mass is 79.9. The number of carbonyl (C=O) groups is 1. The lowest BCUT2D eigenvalue weighted by Crippen LogP contribution is -2.08. The zero-order valence-corrected chi connectivity index (χ0v) is 9.66. The van der Waals surface area contributed by atoms with Crippen LogP contribution in [-0.2, 0) is 4.79 Å². The lowest BCUT2D eigenvalue weighted by molar-refractivity contribution is -0.114. The van der Waals surface area contributed by atoms with E-state index in [1.54, 1.807) is 0 Å². The van der Waals surface area contributed by atoms with Crippen LogP contribution in [0, 0.1) is 5.82 Å². The Bertz CT molecular complexity index is 384. The molecule has 0 saturated heterocycles. The van der Waals surface area contributed by atoms with Gasteiger partial charge in [0, 0.05) is 5.57 Å². The minimum Gasteiger partial charge on any atom is -0.384 e. The van der Waals surface area contributed by atoms with Crippen molar-refractivity contribution in [2.24, 2.45) is 0 Å². The van der Waals surface area contributed by atoms with E-state index in [2.05, 4.69) is 15.9 Å². The molecule has 0 fully saturated rings. The van der Waals surface area contributed by atoms with Crippen LogP contribution in [0.25, 0.3) is 0 Å². The fraction of sp³-hybridized carbons (Fsp3) is 0.182. The second-order valence-electron chi connectivity index (χ2n) is 3.07. The molecule has 0 aliphatic rings. The fourth-order valence-electron chi connectivity index (χ4n) is 1.15. The molecule has 1 aromatic rings. The molecule has 2 nitrogen and oxygen atoms in total. The fourth-order valence-corrected chi connectivity index (χ4v) is 1.73. The summed E-state index contributed by atoms with van der Waals surface area (Å²) in [5.74, 6) is -0.609. The summed E-state index contributed by atoms with van der Waals surface area (Å²) in [5.41, 5.74) is 0.721. The van der Waals surface area contributed by atoms with E-state index in [9.17, 15) is 14.3 Å². The smallest absolute Gasteiger partial charge is 0.159 e. The molecular weight excluding hydrogens is 263 g/mol. The molecule has 15 heavy (non-hydrogen) atoms. The molecular formula is C11H10BrFO2. The number of carbonyl (C=O) groups excluding carboxylic acids is 1. The van der Waals surface area contributed by atoms with Gasteiger partial charge in [-0.1, -0.05) is 28.1 Å². The van der Waals surface area contributed by atoms with E-state index in [0.717, 1.165) is 0 Å². The van der Waals surface area contributed by atoms with Gasteiger partial charge >= 0.3 is 0 Å². The molecule has 1 aromatic carbocycles. The molecule has 0 bridgehead atoms. The number of hydrogen-bond donors (Lipinski definition) is 1. The van der Waals surface area contributed by atoms with Crippen molar-refractivity contribution < 1.29 is 14.3 Å². The Morgan fingerprint density at radius 3 is 2.40 bits per heavy atom. The van der Waals surface area contributed by atoms with Crippen LogP contribution in [-0.4, -0.2) is 10.9 Å². The van der Waals surface area contributed by atoms with Gasteiger partial charge in [-0.25, -0.2) is 4.39 Å². The summed E-state index contributed by atoms with van der Waals surface area (Å²) >= 11 is 3.01. The first-order valence-electron chi connectivity index (χ1n) is 4.31. The summed E-state index contributed by atoms with van der Waals surface area (Å²) in [7, 11) is 0. The van der Waals surface area contributed by atoms with Gasteiger partial charge in [0.2, 0.25) is 0 Å². The topological polar surface area (TPSA) is 37.3 Å². The second kappa shape index (κ2) is 5.19. The molecule has 0 heterocycles. The SMILES string of the molecule is CC(=O)/C(=C/Br)C(O)c1ccc(F)cc1. The first-order chi connectivity index (χ1) is 7.06. The second-order valence-corrected chi connectivity index (χ2v) is 3.53. The van der Waals surface area contributed by atoms with Crippen molar-refractivity contribution in [1.82, 2.24) is 0 Å². The maximum absolute atomic E-state index is 12.6. The lowest BCUT2D eigenvalue weighted by atomic mass is 10.0. The minimum atomic E-state index is -1.03. The average Bonchev–Trinajstić information content (AvgIpc) is 2.19. The molecule has 1 N–H and O–H groups in total. The first kappa shape index (κ1) is 12.1. The zero-order valence-electron chi connectivity index (χ0n) is 8.08. The number of Topliss-reactive ketones (excluding diaryl/α,β-unsaturated/α-hetero) is 1. The van der Waals surface area contributed by atoms with E-state index in [-0.39, 0.29) is 17.2 Å². The third-order valence-electron chi connectivity index (χ3n) is 2.00. The molecule has 4 heteroatoms. The van der Waals surface area contributed by atoms with E-state index < -0.39 is 6.10 Å². The van der Waals surface area contributed by atoms with Crippen LogP contribution in [0.5, 0.6) is 0 Å². The average molecular weight is 273 g/mol. The van der Waals surface area contributed by atoms with E-state index in [4.69, 9.17) is 0 Å². The van der Waals surface area contributed by atoms with Crippen molar-refractivity contribution in [2.75, 3.05) is 0 Å². The molecule has 0 aliphatic carbocycles. The Morgan fingerprint density at radius 1 is 1.47 bits per heavy atom. The van der Waals surface area contributed by atoms with Crippen molar-refractivity contribution >= 4 is 21.7 Å². The van der Waals surface area contributed by atoms with Crippen LogP contribution in [0.15, 0.2) is 34.8 Å². The van der Waals surface area contributed by atoms with Crippen molar-refractivity contribution in [3.63, 3.8) is 0 Å². The monoisotopic (exact) mass is 272 g/mol. The van der Waals surface area contributed by atoms with Gasteiger partial charge in [0.25, 0.3) is 0 Å². The lowest BCUT2D eigenvalue weighted by Gasteiger charge is -2.11. The quantitative estimate of drug-likeness (QED) is 0.860. The van der Waals surface area contributed by atoms with Crippen molar-refractivity contribution in [3.05, 3.63) is 46.2 Å². The number of benzene rings is 1. The van der Waals surface area contributed by atoms with Gasteiger partial charge < -0.3 is 5.11 Å². The Hall–Kier alpha value is -1.00. The Morgan fingerprint density at radius 2 is 2.00 bits per heavy atom. The summed E-state index contributed by atoms with van der Waals surface area (Å²) < 4.78 is 12.6. The standard InChI is InChI=1S/C11H10BrFO2/c1-7(14)10(6-12)11(15)8-2-4-9(13)5-3-8/h2-6,11,15H,1H3/b10-6-. The predicted molar refractivity (Wildman–Crippen MR) is 59.1 cm³/mol. The number of hydrogen-bond acceptors (Lipinski definition) is 2. The molecule has 0 aromatic heterocycles. The van der Waals surface area contributed by atoms with Gasteiger partial charge in [-0.05, 0) is 29.6 Å². The summed E-state index contributed by atoms with van der Waals surface area (Å²) in [6.07, 6.45) is -1.03. The number of rotatable bonds is 3. The van der Waals surface area contributed by atoms with Gasteiger partial charge in [-0.3, -0.25) is 4.79 Å². The van der Waals surface area contributed by atoms with Crippen molar-refractivity contribution in [1.29, 1.82) is 0 Å². The molecule has 80 valence electrons. The van der Waals surface area contributed by atoms with Crippen LogP contribution in [0.4, 0.5) is 4.39 Å². The van der Waals surface area contributed by atoms with Gasteiger partial charge in [0.15, 0.2) is 5.78 Å². The molecule has 1 unspecified atom stereocenters. The van der Waals surface area contributed by atoms with Crippen LogP contribution >= 0.6 is 15.9 Å². The van der Waals surface area contributed by atoms with Crippen LogP contribution < -0.4 is 0 Å². The molecule has 0 aliphatic heterocycles. The molecule has 1 atom stereocenters. The summed E-state index contributed by atoms with van der Waals surface area (Å²) in [6, 6.07) is 5.37. The third-order valence-corrected chi connectivity index (χ3v) is 2.50. The maximum Gasteiger partial charge on any atom is 0.159 e. The van der Waals surface area contributed by atoms with Crippen molar-refractivity contribution in [2.45, 2.75) is 13.0 Å². The normalized spacial score (nSPS) is 13.7. The molecule has 0 saturated carbocycles. The van der Waals surface area contributed by atoms with Gasteiger partial charge in [-0.15, -0.1) is 0 Å². The Kier molecular flexibility index (Phi) is 4.17. The first-order valence-corrected chi connectivity index (χ1v) is 5.22. The maximum atomic E-state index is 12.6. The Balaban J connectivity index is 2.98. The molecule has 0 spiro atoms. The minimum absolute atomic E-state index is 0.233. The van der Waals surface area contributed by atoms with E-state index in [0.29, 0.717) is 5.56 Å². The summed E-state index contributed by atoms with van der Waals surface area (Å²) in [6.45, 7) is 1.36. The molecule has 0 radical (unpaired) electrons. The highest BCUT2D eigenvalue weighted by Crippen LogP contribution is 2.23. The Labute approximate surface area is 95.6 Å². The summed E-state index contributed by atoms with van der Waals surface area (Å²) in [5, 5.41) is 9.80. The highest BCUT2D eigenvalue weighted by Gasteiger charge is 2.16. The summed E-state index contributed by atoms with van der Waals surface area (Å²) in [4.78, 5) is 12.5. The van der Waals surface area contributed by atoms with Crippen LogP contribution in [0.1, 0.15) is 18.6 Å². The number of aliphatic hydroxyl groups excluding tert-OH is 1. The van der Waals surface area contributed by atoms with Crippen LogP contribution in [0.2, 0.25) is 0 Å². The van der Waals surface area contributed by atoms with Gasteiger partial charge in [-0.2, -0.15) is 0 Å². The van der Waals surface area contributed by atoms with E-state index >= 15 is 0 Å². The molecule has 0 amide bonds. The zero-order chi connectivity index (χ0) is 11.4. The number of halogens is 2. The third kappa shape index (κ3) is 2.97. The van der Waals surface area contributed by atoms with E-state index in [1.165, 1.54) is 36.2 Å². The number of ketones is 1. The van der Waals surface area contributed by atoms with Crippen LogP contribution in [0.3, 0.4) is 0 Å². The predicted octanol–water partition coefficient (Wildman–Crippen LogP) is 2.73. The van der Waals surface area contributed by atoms with Gasteiger partial charge in [0.05, 0.1) is 0 Å². The largest absolute Gasteiger partial charge is 0.384 e. The van der Waals surface area contributed by atoms with E-state index in [1.807, 2.05) is 0 Å². The highest BCUT2D eigenvalue weighted by molar-refractivity contribution is 9.11. The number of aliphatic hydroxyl groups is 1. The van der Waals surface area contributed by atoms with Gasteiger partial charge in [0.1, 0.15) is 11.9 Å². The van der Waals surface area contributed by atoms with Crippen molar-refractivity contribution in [3.8, 4) is 0 Å².